The minimum atomic E-state index is 0.269. The molecule has 92 valence electrons. The van der Waals surface area contributed by atoms with Crippen LogP contribution in [0, 0.1) is 0 Å². The Hall–Kier alpha value is -0.870. The lowest BCUT2D eigenvalue weighted by Crippen LogP contribution is -2.34. The third-order valence-electron chi connectivity index (χ3n) is 2.99. The van der Waals surface area contributed by atoms with Crippen LogP contribution in [0.1, 0.15) is 12.0 Å². The standard InChI is InChI=1S/C13H17BrN2O/c14-12-3-1-2-11(10-12)5-8-16-9-7-15-6-4-13(16)17/h1-3,10,15H,4-9H2. The third-order valence-corrected chi connectivity index (χ3v) is 3.48. The Balaban J connectivity index is 1.90. The van der Waals surface area contributed by atoms with Gasteiger partial charge in [0.15, 0.2) is 0 Å². The average Bonchev–Trinajstić information content (AvgIpc) is 2.52. The van der Waals surface area contributed by atoms with Gasteiger partial charge in [-0.15, -0.1) is 0 Å². The van der Waals surface area contributed by atoms with Crippen LogP contribution in [0.25, 0.3) is 0 Å². The molecule has 0 bridgehead atoms. The van der Waals surface area contributed by atoms with Gasteiger partial charge < -0.3 is 10.2 Å². The smallest absolute Gasteiger partial charge is 0.223 e. The van der Waals surface area contributed by atoms with Crippen LogP contribution in [0.2, 0.25) is 0 Å². The molecule has 0 unspecified atom stereocenters. The molecule has 0 saturated carbocycles. The monoisotopic (exact) mass is 296 g/mol. The highest BCUT2D eigenvalue weighted by Gasteiger charge is 2.15. The van der Waals surface area contributed by atoms with Crippen LogP contribution in [0.4, 0.5) is 0 Å². The predicted octanol–water partition coefficient (Wildman–Crippen LogP) is 1.81. The van der Waals surface area contributed by atoms with Crippen molar-refractivity contribution in [2.75, 3.05) is 26.2 Å². The maximum absolute atomic E-state index is 11.8. The maximum atomic E-state index is 11.8. The van der Waals surface area contributed by atoms with Crippen molar-refractivity contribution in [2.24, 2.45) is 0 Å². The van der Waals surface area contributed by atoms with Crippen molar-refractivity contribution in [3.63, 3.8) is 0 Å². The Labute approximate surface area is 110 Å². The fraction of sp³-hybridized carbons (Fsp3) is 0.462. The number of rotatable bonds is 3. The van der Waals surface area contributed by atoms with Gasteiger partial charge in [-0.2, -0.15) is 0 Å². The topological polar surface area (TPSA) is 32.3 Å². The van der Waals surface area contributed by atoms with E-state index in [0.29, 0.717) is 6.42 Å². The molecule has 1 aliphatic heterocycles. The van der Waals surface area contributed by atoms with Crippen molar-refractivity contribution < 1.29 is 4.79 Å². The number of hydrogen-bond donors (Lipinski definition) is 1. The molecule has 1 amide bonds. The van der Waals surface area contributed by atoms with E-state index in [1.807, 2.05) is 17.0 Å². The molecule has 0 atom stereocenters. The van der Waals surface area contributed by atoms with Crippen LogP contribution in [0.5, 0.6) is 0 Å². The molecule has 1 aromatic rings. The minimum absolute atomic E-state index is 0.269. The summed E-state index contributed by atoms with van der Waals surface area (Å²) in [5.74, 6) is 0.269. The Morgan fingerprint density at radius 1 is 1.35 bits per heavy atom. The van der Waals surface area contributed by atoms with Gasteiger partial charge in [0, 0.05) is 37.1 Å². The SMILES string of the molecule is O=C1CCNCCN1CCc1cccc(Br)c1. The van der Waals surface area contributed by atoms with E-state index < -0.39 is 0 Å². The number of carbonyl (C=O) groups excluding carboxylic acids is 1. The molecule has 1 saturated heterocycles. The van der Waals surface area contributed by atoms with Crippen LogP contribution < -0.4 is 5.32 Å². The van der Waals surface area contributed by atoms with E-state index in [-0.39, 0.29) is 5.91 Å². The Kier molecular flexibility index (Phi) is 4.57. The summed E-state index contributed by atoms with van der Waals surface area (Å²) in [6.07, 6.45) is 1.55. The molecule has 4 heteroatoms. The molecule has 2 rings (SSSR count). The Morgan fingerprint density at radius 2 is 2.24 bits per heavy atom. The van der Waals surface area contributed by atoms with Crippen molar-refractivity contribution in [3.05, 3.63) is 34.3 Å². The molecule has 0 aromatic heterocycles. The van der Waals surface area contributed by atoms with Crippen molar-refractivity contribution in [1.29, 1.82) is 0 Å². The lowest BCUT2D eigenvalue weighted by atomic mass is 10.1. The van der Waals surface area contributed by atoms with E-state index >= 15 is 0 Å². The van der Waals surface area contributed by atoms with Gasteiger partial charge in [-0.1, -0.05) is 28.1 Å². The van der Waals surface area contributed by atoms with Gasteiger partial charge in [0.2, 0.25) is 5.91 Å². The predicted molar refractivity (Wildman–Crippen MR) is 71.9 cm³/mol. The molecule has 1 N–H and O–H groups in total. The summed E-state index contributed by atoms with van der Waals surface area (Å²) in [4.78, 5) is 13.7. The number of benzene rings is 1. The third kappa shape index (κ3) is 3.82. The zero-order valence-electron chi connectivity index (χ0n) is 9.79. The molecule has 0 radical (unpaired) electrons. The van der Waals surface area contributed by atoms with Crippen LogP contribution in [-0.2, 0) is 11.2 Å². The normalized spacial score (nSPS) is 17.0. The molecule has 3 nitrogen and oxygen atoms in total. The van der Waals surface area contributed by atoms with E-state index in [2.05, 4.69) is 33.4 Å². The fourth-order valence-electron chi connectivity index (χ4n) is 2.01. The second-order valence-electron chi connectivity index (χ2n) is 4.26. The minimum Gasteiger partial charge on any atom is -0.341 e. The number of hydrogen-bond acceptors (Lipinski definition) is 2. The zero-order chi connectivity index (χ0) is 12.1. The van der Waals surface area contributed by atoms with E-state index in [4.69, 9.17) is 0 Å². The fourth-order valence-corrected chi connectivity index (χ4v) is 2.46. The lowest BCUT2D eigenvalue weighted by molar-refractivity contribution is -0.130. The van der Waals surface area contributed by atoms with Crippen LogP contribution in [0.3, 0.4) is 0 Å². The first-order valence-electron chi connectivity index (χ1n) is 5.98. The molecule has 0 spiro atoms. The summed E-state index contributed by atoms with van der Waals surface area (Å²) in [5.41, 5.74) is 1.27. The Morgan fingerprint density at radius 3 is 3.06 bits per heavy atom. The van der Waals surface area contributed by atoms with Crippen LogP contribution in [-0.4, -0.2) is 37.0 Å². The molecule has 0 aliphatic carbocycles. The van der Waals surface area contributed by atoms with Crippen LogP contribution >= 0.6 is 15.9 Å². The van der Waals surface area contributed by atoms with E-state index in [9.17, 15) is 4.79 Å². The number of amides is 1. The van der Waals surface area contributed by atoms with E-state index in [0.717, 1.165) is 37.1 Å². The highest BCUT2D eigenvalue weighted by molar-refractivity contribution is 9.10. The molecule has 1 fully saturated rings. The molecule has 1 aromatic carbocycles. The van der Waals surface area contributed by atoms with Gasteiger partial charge in [0.25, 0.3) is 0 Å². The zero-order valence-corrected chi connectivity index (χ0v) is 11.4. The van der Waals surface area contributed by atoms with Crippen molar-refractivity contribution in [2.45, 2.75) is 12.8 Å². The van der Waals surface area contributed by atoms with Gasteiger partial charge in [-0.3, -0.25) is 4.79 Å². The molecule has 17 heavy (non-hydrogen) atoms. The number of halogens is 1. The summed E-state index contributed by atoms with van der Waals surface area (Å²) < 4.78 is 1.10. The summed E-state index contributed by atoms with van der Waals surface area (Å²) >= 11 is 3.46. The van der Waals surface area contributed by atoms with Crippen molar-refractivity contribution >= 4 is 21.8 Å². The quantitative estimate of drug-likeness (QED) is 0.923. The highest BCUT2D eigenvalue weighted by atomic mass is 79.9. The summed E-state index contributed by atoms with van der Waals surface area (Å²) in [6.45, 7) is 3.36. The number of carbonyl (C=O) groups is 1. The maximum Gasteiger partial charge on any atom is 0.223 e. The first-order chi connectivity index (χ1) is 8.25. The van der Waals surface area contributed by atoms with Crippen LogP contribution in [0.15, 0.2) is 28.7 Å². The average molecular weight is 297 g/mol. The van der Waals surface area contributed by atoms with Crippen molar-refractivity contribution in [3.8, 4) is 0 Å². The van der Waals surface area contributed by atoms with Gasteiger partial charge in [-0.25, -0.2) is 0 Å². The first-order valence-corrected chi connectivity index (χ1v) is 6.78. The first kappa shape index (κ1) is 12.6. The molecule has 1 aliphatic rings. The van der Waals surface area contributed by atoms with E-state index in [1.165, 1.54) is 5.56 Å². The number of nitrogens with zero attached hydrogens (tertiary/aromatic N) is 1. The highest BCUT2D eigenvalue weighted by Crippen LogP contribution is 2.12. The second kappa shape index (κ2) is 6.17. The number of nitrogens with one attached hydrogen (secondary N) is 1. The summed E-state index contributed by atoms with van der Waals surface area (Å²) in [5, 5.41) is 3.24. The summed E-state index contributed by atoms with van der Waals surface area (Å²) in [7, 11) is 0. The van der Waals surface area contributed by atoms with Gasteiger partial charge in [-0.05, 0) is 24.1 Å². The van der Waals surface area contributed by atoms with Gasteiger partial charge in [0.1, 0.15) is 0 Å². The van der Waals surface area contributed by atoms with Crippen molar-refractivity contribution in [1.82, 2.24) is 10.2 Å². The molecular formula is C13H17BrN2O. The lowest BCUT2D eigenvalue weighted by Gasteiger charge is -2.20. The largest absolute Gasteiger partial charge is 0.341 e. The summed E-state index contributed by atoms with van der Waals surface area (Å²) in [6, 6.07) is 8.27. The molecule has 1 heterocycles. The van der Waals surface area contributed by atoms with Gasteiger partial charge >= 0.3 is 0 Å². The van der Waals surface area contributed by atoms with Gasteiger partial charge in [0.05, 0.1) is 0 Å². The Bertz CT molecular complexity index is 395. The second-order valence-corrected chi connectivity index (χ2v) is 5.18. The van der Waals surface area contributed by atoms with E-state index in [1.54, 1.807) is 0 Å². The molecular weight excluding hydrogens is 280 g/mol.